The highest BCUT2D eigenvalue weighted by Crippen LogP contribution is 2.33. The molecule has 0 aliphatic carbocycles. The maximum atomic E-state index is 8.77. The number of nitrogens with one attached hydrogen (secondary N) is 1. The molecule has 0 bridgehead atoms. The molecule has 2 atom stereocenters. The Balaban J connectivity index is 1.57. The van der Waals surface area contributed by atoms with Gasteiger partial charge < -0.3 is 10.1 Å². The molecular weight excluding hydrogens is 345 g/mol. The van der Waals surface area contributed by atoms with Crippen molar-refractivity contribution in [2.45, 2.75) is 12.3 Å². The predicted octanol–water partition coefficient (Wildman–Crippen LogP) is 4.03. The number of pyridine rings is 1. The van der Waals surface area contributed by atoms with Crippen LogP contribution in [0.25, 0.3) is 0 Å². The number of rotatable bonds is 5. The van der Waals surface area contributed by atoms with Gasteiger partial charge in [-0.25, -0.2) is 4.98 Å². The van der Waals surface area contributed by atoms with E-state index in [2.05, 4.69) is 10.3 Å². The molecule has 4 nitrogen and oxygen atoms in total. The summed E-state index contributed by atoms with van der Waals surface area (Å²) in [5.74, 6) is 1.42. The highest BCUT2D eigenvalue weighted by molar-refractivity contribution is 6.42. The Bertz CT molecular complexity index is 743. The minimum absolute atomic E-state index is 0.400. The van der Waals surface area contributed by atoms with Gasteiger partial charge in [-0.3, -0.25) is 0 Å². The van der Waals surface area contributed by atoms with Crippen LogP contribution in [0.15, 0.2) is 36.5 Å². The first-order chi connectivity index (χ1) is 11.7. The molecule has 24 heavy (non-hydrogen) atoms. The number of aromatic nitrogens is 1. The Morgan fingerprint density at radius 2 is 2.08 bits per heavy atom. The fraction of sp³-hybridized carbons (Fsp3) is 0.333. The van der Waals surface area contributed by atoms with Crippen LogP contribution in [-0.2, 0) is 0 Å². The van der Waals surface area contributed by atoms with Crippen LogP contribution in [0.5, 0.6) is 5.88 Å². The van der Waals surface area contributed by atoms with Gasteiger partial charge in [0.25, 0.3) is 0 Å². The van der Waals surface area contributed by atoms with Crippen LogP contribution in [-0.4, -0.2) is 24.7 Å². The molecule has 124 valence electrons. The van der Waals surface area contributed by atoms with Crippen molar-refractivity contribution in [2.75, 3.05) is 19.7 Å². The third-order valence-electron chi connectivity index (χ3n) is 4.32. The SMILES string of the molecule is N#Cc1ccc(OCCC2CNCC2c2ccc(Cl)c(Cl)c2)nc1. The van der Waals surface area contributed by atoms with Gasteiger partial charge in [0.15, 0.2) is 0 Å². The summed E-state index contributed by atoms with van der Waals surface area (Å²) >= 11 is 12.1. The van der Waals surface area contributed by atoms with E-state index < -0.39 is 0 Å². The second-order valence-corrected chi connectivity index (χ2v) is 6.65. The fourth-order valence-corrected chi connectivity index (χ4v) is 3.32. The normalized spacial score (nSPS) is 19.9. The third-order valence-corrected chi connectivity index (χ3v) is 5.05. The largest absolute Gasteiger partial charge is 0.478 e. The van der Waals surface area contributed by atoms with E-state index in [4.69, 9.17) is 33.2 Å². The summed E-state index contributed by atoms with van der Waals surface area (Å²) < 4.78 is 5.70. The maximum Gasteiger partial charge on any atom is 0.213 e. The Kier molecular flexibility index (Phi) is 5.57. The minimum Gasteiger partial charge on any atom is -0.478 e. The number of ether oxygens (including phenoxy) is 1. The average Bonchev–Trinajstić information content (AvgIpc) is 3.06. The third kappa shape index (κ3) is 3.99. The molecule has 0 spiro atoms. The van der Waals surface area contributed by atoms with Gasteiger partial charge in [-0.2, -0.15) is 5.26 Å². The van der Waals surface area contributed by atoms with Gasteiger partial charge in [0.05, 0.1) is 22.2 Å². The first-order valence-corrected chi connectivity index (χ1v) is 8.57. The van der Waals surface area contributed by atoms with E-state index in [9.17, 15) is 0 Å². The summed E-state index contributed by atoms with van der Waals surface area (Å²) in [6.45, 7) is 2.47. The predicted molar refractivity (Wildman–Crippen MR) is 94.6 cm³/mol. The summed E-state index contributed by atoms with van der Waals surface area (Å²) in [4.78, 5) is 4.12. The van der Waals surface area contributed by atoms with Gasteiger partial charge >= 0.3 is 0 Å². The molecule has 0 amide bonds. The zero-order valence-corrected chi connectivity index (χ0v) is 14.5. The van der Waals surface area contributed by atoms with Crippen molar-refractivity contribution in [3.05, 3.63) is 57.7 Å². The van der Waals surface area contributed by atoms with Crippen molar-refractivity contribution >= 4 is 23.2 Å². The summed E-state index contributed by atoms with van der Waals surface area (Å²) in [5.41, 5.74) is 1.73. The van der Waals surface area contributed by atoms with Crippen LogP contribution < -0.4 is 10.1 Å². The van der Waals surface area contributed by atoms with Gasteiger partial charge in [0.1, 0.15) is 6.07 Å². The first-order valence-electron chi connectivity index (χ1n) is 7.82. The molecule has 1 aliphatic heterocycles. The Morgan fingerprint density at radius 3 is 2.79 bits per heavy atom. The lowest BCUT2D eigenvalue weighted by molar-refractivity contribution is 0.267. The van der Waals surface area contributed by atoms with Gasteiger partial charge in [-0.1, -0.05) is 29.3 Å². The van der Waals surface area contributed by atoms with Crippen LogP contribution in [0.3, 0.4) is 0 Å². The molecule has 2 heterocycles. The van der Waals surface area contributed by atoms with Crippen molar-refractivity contribution < 1.29 is 4.74 Å². The number of halogens is 2. The second-order valence-electron chi connectivity index (χ2n) is 5.83. The van der Waals surface area contributed by atoms with E-state index in [0.29, 0.717) is 39.9 Å². The van der Waals surface area contributed by atoms with Crippen LogP contribution >= 0.6 is 23.2 Å². The standard InChI is InChI=1S/C18H17Cl2N3O/c19-16-3-2-13(7-17(16)20)15-11-22-10-14(15)5-6-24-18-4-1-12(8-21)9-23-18/h1-4,7,9,14-15,22H,5-6,10-11H2. The van der Waals surface area contributed by atoms with E-state index in [1.54, 1.807) is 12.1 Å². The summed E-state index contributed by atoms with van der Waals surface area (Å²) in [6.07, 6.45) is 2.44. The molecule has 1 aliphatic rings. The number of nitrogens with zero attached hydrogens (tertiary/aromatic N) is 2. The average molecular weight is 362 g/mol. The van der Waals surface area contributed by atoms with Crippen molar-refractivity contribution in [3.63, 3.8) is 0 Å². The topological polar surface area (TPSA) is 57.9 Å². The van der Waals surface area contributed by atoms with Crippen LogP contribution in [0.1, 0.15) is 23.5 Å². The van der Waals surface area contributed by atoms with E-state index >= 15 is 0 Å². The number of benzene rings is 1. The lowest BCUT2D eigenvalue weighted by Gasteiger charge is -2.19. The number of hydrogen-bond acceptors (Lipinski definition) is 4. The van der Waals surface area contributed by atoms with Gasteiger partial charge in [-0.05, 0) is 42.6 Å². The smallest absolute Gasteiger partial charge is 0.213 e. The summed E-state index contributed by atoms with van der Waals surface area (Å²) in [5, 5.41) is 13.4. The number of nitriles is 1. The molecular formula is C18H17Cl2N3O. The Hall–Kier alpha value is -1.80. The van der Waals surface area contributed by atoms with Crippen molar-refractivity contribution in [2.24, 2.45) is 5.92 Å². The lowest BCUT2D eigenvalue weighted by atomic mass is 9.87. The maximum absolute atomic E-state index is 8.77. The van der Waals surface area contributed by atoms with Crippen LogP contribution in [0, 0.1) is 17.2 Å². The molecule has 0 radical (unpaired) electrons. The first kappa shape index (κ1) is 17.0. The van der Waals surface area contributed by atoms with Crippen LogP contribution in [0.2, 0.25) is 10.0 Å². The van der Waals surface area contributed by atoms with E-state index in [1.807, 2.05) is 24.3 Å². The van der Waals surface area contributed by atoms with E-state index in [1.165, 1.54) is 11.8 Å². The van der Waals surface area contributed by atoms with Crippen molar-refractivity contribution in [1.29, 1.82) is 5.26 Å². The van der Waals surface area contributed by atoms with E-state index in [-0.39, 0.29) is 0 Å². The molecule has 0 saturated carbocycles. The Morgan fingerprint density at radius 1 is 1.21 bits per heavy atom. The second kappa shape index (κ2) is 7.85. The Labute approximate surface area is 151 Å². The fourth-order valence-electron chi connectivity index (χ4n) is 3.02. The van der Waals surface area contributed by atoms with E-state index in [0.717, 1.165) is 19.5 Å². The van der Waals surface area contributed by atoms with Gasteiger partial charge in [-0.15, -0.1) is 0 Å². The number of hydrogen-bond donors (Lipinski definition) is 1. The molecule has 2 aromatic rings. The summed E-state index contributed by atoms with van der Waals surface area (Å²) in [6, 6.07) is 11.3. The van der Waals surface area contributed by atoms with Gasteiger partial charge in [0.2, 0.25) is 5.88 Å². The summed E-state index contributed by atoms with van der Waals surface area (Å²) in [7, 11) is 0. The lowest BCUT2D eigenvalue weighted by Crippen LogP contribution is -2.15. The molecule has 1 saturated heterocycles. The van der Waals surface area contributed by atoms with Crippen molar-refractivity contribution in [3.8, 4) is 11.9 Å². The molecule has 1 fully saturated rings. The molecule has 1 aromatic heterocycles. The molecule has 1 N–H and O–H groups in total. The molecule has 3 rings (SSSR count). The minimum atomic E-state index is 0.400. The highest BCUT2D eigenvalue weighted by Gasteiger charge is 2.28. The molecule has 1 aromatic carbocycles. The van der Waals surface area contributed by atoms with Crippen LogP contribution in [0.4, 0.5) is 0 Å². The van der Waals surface area contributed by atoms with Crippen molar-refractivity contribution in [1.82, 2.24) is 10.3 Å². The van der Waals surface area contributed by atoms with Gasteiger partial charge in [0, 0.05) is 24.7 Å². The quantitative estimate of drug-likeness (QED) is 0.873. The highest BCUT2D eigenvalue weighted by atomic mass is 35.5. The zero-order valence-electron chi connectivity index (χ0n) is 13.0. The zero-order chi connectivity index (χ0) is 16.9. The molecule has 2 unspecified atom stereocenters. The molecule has 6 heteroatoms. The monoisotopic (exact) mass is 361 g/mol.